The maximum atomic E-state index is 10.8. The van der Waals surface area contributed by atoms with Gasteiger partial charge in [-0.05, 0) is 30.0 Å². The number of halogens is 1. The second-order valence-corrected chi connectivity index (χ2v) is 4.69. The van der Waals surface area contributed by atoms with E-state index >= 15 is 0 Å². The van der Waals surface area contributed by atoms with Crippen LogP contribution in [0.4, 0.5) is 0 Å². The topological polar surface area (TPSA) is 66.8 Å². The number of rotatable bonds is 3. The molecule has 2 atom stereocenters. The van der Waals surface area contributed by atoms with Crippen LogP contribution in [0.1, 0.15) is 17.9 Å². The van der Waals surface area contributed by atoms with Crippen LogP contribution in [0, 0.1) is 5.92 Å². The second kappa shape index (κ2) is 3.97. The molecular formula is C11H11BrO4. The van der Waals surface area contributed by atoms with Crippen molar-refractivity contribution < 1.29 is 19.7 Å². The molecule has 0 bridgehead atoms. The first-order valence-corrected chi connectivity index (χ1v) is 5.63. The number of hydrogen-bond acceptors (Lipinski definition) is 3. The smallest absolute Gasteiger partial charge is 0.307 e. The Labute approximate surface area is 101 Å². The maximum absolute atomic E-state index is 10.8. The summed E-state index contributed by atoms with van der Waals surface area (Å²) in [7, 11) is 1.47. The molecular weight excluding hydrogens is 276 g/mol. The molecule has 86 valence electrons. The van der Waals surface area contributed by atoms with Crippen molar-refractivity contribution in [3.05, 3.63) is 22.2 Å². The Hall–Kier alpha value is -1.23. The van der Waals surface area contributed by atoms with Crippen LogP contribution >= 0.6 is 15.9 Å². The first kappa shape index (κ1) is 11.3. The Morgan fingerprint density at radius 3 is 2.75 bits per heavy atom. The summed E-state index contributed by atoms with van der Waals surface area (Å²) in [5.41, 5.74) is 0.825. The number of carbonyl (C=O) groups is 1. The number of phenols is 1. The van der Waals surface area contributed by atoms with E-state index in [2.05, 4.69) is 15.9 Å². The van der Waals surface area contributed by atoms with Crippen molar-refractivity contribution in [2.24, 2.45) is 5.92 Å². The molecule has 1 aliphatic carbocycles. The maximum Gasteiger partial charge on any atom is 0.307 e. The van der Waals surface area contributed by atoms with E-state index in [1.54, 1.807) is 12.1 Å². The molecule has 0 radical (unpaired) electrons. The van der Waals surface area contributed by atoms with Gasteiger partial charge in [-0.1, -0.05) is 15.9 Å². The van der Waals surface area contributed by atoms with Gasteiger partial charge in [0.25, 0.3) is 0 Å². The number of aromatic hydroxyl groups is 1. The van der Waals surface area contributed by atoms with Gasteiger partial charge >= 0.3 is 5.97 Å². The van der Waals surface area contributed by atoms with Gasteiger partial charge < -0.3 is 14.9 Å². The van der Waals surface area contributed by atoms with Gasteiger partial charge in [0.2, 0.25) is 0 Å². The van der Waals surface area contributed by atoms with Crippen molar-refractivity contribution >= 4 is 21.9 Å². The summed E-state index contributed by atoms with van der Waals surface area (Å²) in [4.78, 5) is 10.8. The molecule has 0 aliphatic heterocycles. The van der Waals surface area contributed by atoms with Crippen LogP contribution in [0.15, 0.2) is 16.6 Å². The summed E-state index contributed by atoms with van der Waals surface area (Å²) in [5.74, 6) is -0.708. The Morgan fingerprint density at radius 2 is 2.25 bits per heavy atom. The normalized spacial score (nSPS) is 22.9. The summed E-state index contributed by atoms with van der Waals surface area (Å²) in [6.45, 7) is 0. The molecule has 0 saturated heterocycles. The molecule has 1 fully saturated rings. The average Bonchev–Trinajstić information content (AvgIpc) is 3.00. The molecule has 1 aromatic carbocycles. The van der Waals surface area contributed by atoms with Gasteiger partial charge in [-0.3, -0.25) is 4.79 Å². The summed E-state index contributed by atoms with van der Waals surface area (Å²) in [6, 6.07) is 3.22. The molecule has 0 heterocycles. The molecule has 1 aliphatic rings. The van der Waals surface area contributed by atoms with Crippen molar-refractivity contribution in [3.63, 3.8) is 0 Å². The quantitative estimate of drug-likeness (QED) is 0.895. The number of carboxylic acids is 1. The Morgan fingerprint density at radius 1 is 1.56 bits per heavy atom. The monoisotopic (exact) mass is 286 g/mol. The molecule has 1 aromatic rings. The van der Waals surface area contributed by atoms with Crippen molar-refractivity contribution in [3.8, 4) is 11.5 Å². The van der Waals surface area contributed by atoms with Crippen molar-refractivity contribution in [1.29, 1.82) is 0 Å². The molecule has 4 nitrogen and oxygen atoms in total. The summed E-state index contributed by atoms with van der Waals surface area (Å²) in [5, 5.41) is 18.5. The van der Waals surface area contributed by atoms with Gasteiger partial charge in [0.1, 0.15) is 0 Å². The summed E-state index contributed by atoms with van der Waals surface area (Å²) >= 11 is 3.36. The zero-order chi connectivity index (χ0) is 11.9. The third-order valence-corrected chi connectivity index (χ3v) is 3.49. The lowest BCUT2D eigenvalue weighted by Crippen LogP contribution is -1.99. The van der Waals surface area contributed by atoms with Crippen LogP contribution in [0.5, 0.6) is 11.5 Å². The summed E-state index contributed by atoms with van der Waals surface area (Å²) < 4.78 is 5.73. The highest BCUT2D eigenvalue weighted by Crippen LogP contribution is 2.51. The minimum atomic E-state index is -0.785. The van der Waals surface area contributed by atoms with Crippen LogP contribution in [0.3, 0.4) is 0 Å². The largest absolute Gasteiger partial charge is 0.504 e. The molecule has 2 rings (SSSR count). The first-order chi connectivity index (χ1) is 7.54. The van der Waals surface area contributed by atoms with Crippen LogP contribution in [0.25, 0.3) is 0 Å². The van der Waals surface area contributed by atoms with Gasteiger partial charge in [-0.15, -0.1) is 0 Å². The van der Waals surface area contributed by atoms with E-state index in [0.717, 1.165) is 10.0 Å². The van der Waals surface area contributed by atoms with Crippen molar-refractivity contribution in [2.75, 3.05) is 7.11 Å². The SMILES string of the molecule is COc1cc(Br)c([C@@H]2C[C@H]2C(=O)O)cc1O. The van der Waals surface area contributed by atoms with E-state index in [-0.39, 0.29) is 17.6 Å². The van der Waals surface area contributed by atoms with Gasteiger partial charge in [-0.2, -0.15) is 0 Å². The fourth-order valence-corrected chi connectivity index (χ4v) is 2.44. The Kier molecular flexibility index (Phi) is 2.80. The first-order valence-electron chi connectivity index (χ1n) is 4.83. The lowest BCUT2D eigenvalue weighted by molar-refractivity contribution is -0.138. The molecule has 0 unspecified atom stereocenters. The van der Waals surface area contributed by atoms with Crippen molar-refractivity contribution in [2.45, 2.75) is 12.3 Å². The number of carboxylic acid groups (broad SMARTS) is 1. The number of ether oxygens (including phenoxy) is 1. The van der Waals surface area contributed by atoms with E-state index in [4.69, 9.17) is 9.84 Å². The summed E-state index contributed by atoms with van der Waals surface area (Å²) in [6.07, 6.45) is 0.625. The van der Waals surface area contributed by atoms with E-state index in [9.17, 15) is 9.90 Å². The standard InChI is InChI=1S/C11H11BrO4/c1-16-10-4-8(12)6(3-9(10)13)5-2-7(5)11(14)15/h3-5,7,13H,2H2,1H3,(H,14,15)/t5-,7+/m0/s1. The number of methoxy groups -OCH3 is 1. The molecule has 1 saturated carbocycles. The minimum absolute atomic E-state index is 0.0105. The molecule has 5 heteroatoms. The number of benzene rings is 1. The van der Waals surface area contributed by atoms with Gasteiger partial charge in [0.15, 0.2) is 11.5 Å². The van der Waals surface area contributed by atoms with Gasteiger partial charge in [0.05, 0.1) is 13.0 Å². The molecule has 0 spiro atoms. The van der Waals surface area contributed by atoms with Crippen LogP contribution in [0.2, 0.25) is 0 Å². The van der Waals surface area contributed by atoms with E-state index in [1.165, 1.54) is 7.11 Å². The van der Waals surface area contributed by atoms with Crippen LogP contribution in [-0.4, -0.2) is 23.3 Å². The number of phenolic OH excluding ortho intramolecular Hbond substituents is 1. The predicted octanol–water partition coefficient (Wildman–Crippen LogP) is 2.35. The highest BCUT2D eigenvalue weighted by atomic mass is 79.9. The van der Waals surface area contributed by atoms with Crippen LogP contribution in [-0.2, 0) is 4.79 Å². The Balaban J connectivity index is 2.30. The highest BCUT2D eigenvalue weighted by Gasteiger charge is 2.45. The van der Waals surface area contributed by atoms with E-state index in [0.29, 0.717) is 12.2 Å². The fraction of sp³-hybridized carbons (Fsp3) is 0.364. The number of hydrogen-bond donors (Lipinski definition) is 2. The average molecular weight is 287 g/mol. The molecule has 16 heavy (non-hydrogen) atoms. The highest BCUT2D eigenvalue weighted by molar-refractivity contribution is 9.10. The molecule has 0 amide bonds. The minimum Gasteiger partial charge on any atom is -0.504 e. The molecule has 0 aromatic heterocycles. The van der Waals surface area contributed by atoms with Crippen LogP contribution < -0.4 is 4.74 Å². The number of aliphatic carboxylic acids is 1. The Bertz CT molecular complexity index is 444. The van der Waals surface area contributed by atoms with E-state index < -0.39 is 5.97 Å². The lowest BCUT2D eigenvalue weighted by Gasteiger charge is -2.08. The second-order valence-electron chi connectivity index (χ2n) is 3.83. The zero-order valence-electron chi connectivity index (χ0n) is 8.61. The third-order valence-electron chi connectivity index (χ3n) is 2.81. The lowest BCUT2D eigenvalue weighted by atomic mass is 10.1. The molecule has 2 N–H and O–H groups in total. The van der Waals surface area contributed by atoms with Gasteiger partial charge in [-0.25, -0.2) is 0 Å². The van der Waals surface area contributed by atoms with Crippen molar-refractivity contribution in [1.82, 2.24) is 0 Å². The van der Waals surface area contributed by atoms with E-state index in [1.807, 2.05) is 0 Å². The van der Waals surface area contributed by atoms with Gasteiger partial charge in [0, 0.05) is 4.47 Å². The predicted molar refractivity (Wildman–Crippen MR) is 60.8 cm³/mol. The fourth-order valence-electron chi connectivity index (χ4n) is 1.82. The third kappa shape index (κ3) is 1.87. The zero-order valence-corrected chi connectivity index (χ0v) is 10.2.